The molecule has 0 bridgehead atoms. The van der Waals surface area contributed by atoms with Gasteiger partial charge in [-0.05, 0) is 0 Å². The van der Waals surface area contributed by atoms with Crippen LogP contribution in [0.2, 0.25) is 0 Å². The van der Waals surface area contributed by atoms with Gasteiger partial charge in [0, 0.05) is 0 Å². The van der Waals surface area contributed by atoms with Crippen LogP contribution in [0.3, 0.4) is 0 Å². The van der Waals surface area contributed by atoms with E-state index >= 15 is 0 Å². The molecule has 0 saturated carbocycles. The van der Waals surface area contributed by atoms with Crippen LogP contribution >= 0.6 is 0 Å². The van der Waals surface area contributed by atoms with Crippen molar-refractivity contribution in [3.05, 3.63) is 0 Å². The normalized spacial score (nSPS) is 11.8. The van der Waals surface area contributed by atoms with E-state index in [0.29, 0.717) is 66.1 Å². The zero-order valence-corrected chi connectivity index (χ0v) is 38.6. The van der Waals surface area contributed by atoms with Gasteiger partial charge in [-0.3, -0.25) is 0 Å². The maximum absolute atomic E-state index is 12.7. The SMILES string of the molecule is O=CCNN(CC=O)N(CC=O)N(CC=O)N(CC=O)N(CC=O)N(CC=O)N(CC=O)N(CC=O)N(CC=O)N(CC=O)N(CC=O)N(CC=O)N(CC=O)N(CC=O)N(CC=O)N(CC=O)NCC=O. The number of hydrogen-bond donors (Lipinski definition) is 2. The molecule has 0 aromatic rings. The molecule has 0 aliphatic carbocycles. The monoisotopic (exact) mass is 1030 g/mol. The predicted molar refractivity (Wildman–Crippen MR) is 232 cm³/mol. The van der Waals surface area contributed by atoms with Crippen LogP contribution in [-0.2, 0) is 86.3 Å². The average Bonchev–Trinajstić information content (AvgIpc) is 3.37. The van der Waals surface area contributed by atoms with Crippen molar-refractivity contribution in [1.29, 1.82) is 0 Å². The van der Waals surface area contributed by atoms with E-state index in [2.05, 4.69) is 10.9 Å². The highest BCUT2D eigenvalue weighted by Crippen LogP contribution is 2.21. The van der Waals surface area contributed by atoms with E-state index in [1.54, 1.807) is 0 Å². The second-order valence-corrected chi connectivity index (χ2v) is 12.7. The number of nitrogens with zero attached hydrogens (tertiary/aromatic N) is 16. The van der Waals surface area contributed by atoms with Gasteiger partial charge in [-0.15, -0.1) is 71.7 Å². The molecule has 36 nitrogen and oxygen atoms in total. The Kier molecular flexibility index (Phi) is 37.2. The number of hydrogen-bond acceptors (Lipinski definition) is 36. The molecule has 72 heavy (non-hydrogen) atoms. The van der Waals surface area contributed by atoms with Crippen molar-refractivity contribution in [3.8, 4) is 0 Å². The van der Waals surface area contributed by atoms with Crippen LogP contribution < -0.4 is 10.9 Å². The number of carbonyl (C=O) groups is 18. The van der Waals surface area contributed by atoms with Crippen LogP contribution in [0.15, 0.2) is 0 Å². The van der Waals surface area contributed by atoms with Crippen LogP contribution in [0.1, 0.15) is 0 Å². The van der Waals surface area contributed by atoms with Gasteiger partial charge < -0.3 is 86.3 Å². The smallest absolute Gasteiger partial charge is 0.137 e. The van der Waals surface area contributed by atoms with Gasteiger partial charge in [0.25, 0.3) is 0 Å². The van der Waals surface area contributed by atoms with Crippen molar-refractivity contribution in [2.75, 3.05) is 118 Å². The first-order valence-corrected chi connectivity index (χ1v) is 20.8. The summed E-state index contributed by atoms with van der Waals surface area (Å²) < 4.78 is 0. The summed E-state index contributed by atoms with van der Waals surface area (Å²) in [6, 6.07) is 0. The fourth-order valence-electron chi connectivity index (χ4n) is 6.17. The van der Waals surface area contributed by atoms with Crippen LogP contribution in [-0.4, -0.2) is 313 Å². The van der Waals surface area contributed by atoms with Crippen molar-refractivity contribution in [3.63, 3.8) is 0 Å². The lowest BCUT2D eigenvalue weighted by atomic mass is 10.6. The predicted octanol–water partition coefficient (Wildman–Crippen LogP) is -10.9. The standard InChI is InChI=1S/C36H56N18O18/c55-19-1-37-39(3-21-57)41(5-23-59)43(7-25-61)45(9-27-63)47(11-29-65)49(13-31-67)51(15-33-69)53(17-35-71)54(18-36-72)52(16-34-70)50(14-32-68)48(12-30-66)46(10-28-64)44(8-26-62)42(6-24-60)40(4-22-58)38-2-20-56/h19-38H,1-18H2. The number of aldehydes is 18. The van der Waals surface area contributed by atoms with Crippen molar-refractivity contribution < 1.29 is 86.3 Å². The molecule has 0 aromatic heterocycles. The third kappa shape index (κ3) is 20.6. The summed E-state index contributed by atoms with van der Waals surface area (Å²) in [5.74, 6) is 0. The molecule has 0 amide bonds. The molecule has 2 N–H and O–H groups in total. The second kappa shape index (κ2) is 41.0. The first kappa shape index (κ1) is 65.3. The molecule has 0 spiro atoms. The highest BCUT2D eigenvalue weighted by atomic mass is 16.3. The Labute approximate surface area is 409 Å². The summed E-state index contributed by atoms with van der Waals surface area (Å²) in [6.45, 7) is -15.4. The molecule has 0 rings (SSSR count). The van der Waals surface area contributed by atoms with Gasteiger partial charge in [-0.2, -0.15) is 10.2 Å². The van der Waals surface area contributed by atoms with E-state index in [1.807, 2.05) is 0 Å². The van der Waals surface area contributed by atoms with Crippen molar-refractivity contribution in [2.45, 2.75) is 0 Å². The Balaban J connectivity index is 8.71. The summed E-state index contributed by atoms with van der Waals surface area (Å²) in [5, 5.41) is 11.8. The minimum absolute atomic E-state index is 0.143. The minimum Gasteiger partial charge on any atom is -0.302 e. The molecular weight excluding hydrogens is 973 g/mol. The fraction of sp³-hybridized carbons (Fsp3) is 0.500. The number of carbonyl (C=O) groups excluding carboxylic acids is 18. The summed E-state index contributed by atoms with van der Waals surface area (Å²) in [4.78, 5) is 221. The lowest BCUT2D eigenvalue weighted by Gasteiger charge is -2.56. The van der Waals surface area contributed by atoms with Crippen molar-refractivity contribution in [1.82, 2.24) is 92.7 Å². The number of hydrazine groups is 17. The van der Waals surface area contributed by atoms with E-state index in [9.17, 15) is 86.3 Å². The molecule has 0 unspecified atom stereocenters. The zero-order valence-electron chi connectivity index (χ0n) is 38.6. The molecule has 0 aliphatic heterocycles. The zero-order chi connectivity index (χ0) is 54.1. The van der Waals surface area contributed by atoms with Gasteiger partial charge in [0.05, 0.1) is 118 Å². The van der Waals surface area contributed by atoms with Gasteiger partial charge in [0.15, 0.2) is 0 Å². The average molecular weight is 1030 g/mol. The highest BCUT2D eigenvalue weighted by molar-refractivity contribution is 5.59. The quantitative estimate of drug-likeness (QED) is 0.0422. The van der Waals surface area contributed by atoms with Crippen LogP contribution in [0.25, 0.3) is 0 Å². The van der Waals surface area contributed by atoms with Gasteiger partial charge in [-0.1, -0.05) is 0 Å². The van der Waals surface area contributed by atoms with E-state index in [1.165, 1.54) is 0 Å². The summed E-state index contributed by atoms with van der Waals surface area (Å²) >= 11 is 0. The van der Waals surface area contributed by atoms with Gasteiger partial charge in [0.2, 0.25) is 0 Å². The Bertz CT molecular complexity index is 1640. The lowest BCUT2D eigenvalue weighted by Crippen LogP contribution is -2.76. The second-order valence-electron chi connectivity index (χ2n) is 12.7. The van der Waals surface area contributed by atoms with Crippen LogP contribution in [0, 0.1) is 0 Å². The maximum atomic E-state index is 12.7. The van der Waals surface area contributed by atoms with Gasteiger partial charge in [0.1, 0.15) is 113 Å². The Hall–Kier alpha value is -6.66. The summed E-state index contributed by atoms with van der Waals surface area (Å²) in [7, 11) is 0. The first-order valence-electron chi connectivity index (χ1n) is 20.8. The fourth-order valence-corrected chi connectivity index (χ4v) is 6.17. The van der Waals surface area contributed by atoms with Crippen LogP contribution in [0.4, 0.5) is 0 Å². The van der Waals surface area contributed by atoms with E-state index in [-0.39, 0.29) is 88.0 Å². The van der Waals surface area contributed by atoms with Crippen LogP contribution in [0.5, 0.6) is 0 Å². The highest BCUT2D eigenvalue weighted by Gasteiger charge is 2.42. The molecule has 0 atom stereocenters. The first-order chi connectivity index (χ1) is 35.1. The molecule has 0 aliphatic rings. The molecule has 36 heteroatoms. The summed E-state index contributed by atoms with van der Waals surface area (Å²) in [6.07, 6.45) is 3.89. The van der Waals surface area contributed by atoms with Crippen molar-refractivity contribution >= 4 is 113 Å². The number of nitrogens with one attached hydrogen (secondary N) is 2. The molecular formula is C36H56N18O18. The van der Waals surface area contributed by atoms with Gasteiger partial charge >= 0.3 is 0 Å². The molecule has 0 fully saturated rings. The van der Waals surface area contributed by atoms with Gasteiger partial charge in [-0.25, -0.2) is 10.9 Å². The molecule has 0 saturated heterocycles. The number of rotatable bonds is 53. The molecule has 398 valence electrons. The largest absolute Gasteiger partial charge is 0.302 e. The Morgan fingerprint density at radius 1 is 0.167 bits per heavy atom. The molecule has 0 heterocycles. The van der Waals surface area contributed by atoms with Crippen molar-refractivity contribution in [2.24, 2.45) is 0 Å². The van der Waals surface area contributed by atoms with E-state index in [4.69, 9.17) is 0 Å². The Morgan fingerprint density at radius 2 is 0.292 bits per heavy atom. The summed E-state index contributed by atoms with van der Waals surface area (Å²) in [5.41, 5.74) is 4.99. The molecule has 0 radical (unpaired) electrons. The molecule has 0 aromatic carbocycles. The minimum atomic E-state index is -1.03. The third-order valence-corrected chi connectivity index (χ3v) is 8.56. The Morgan fingerprint density at radius 3 is 0.417 bits per heavy atom. The van der Waals surface area contributed by atoms with E-state index < -0.39 is 118 Å². The third-order valence-electron chi connectivity index (χ3n) is 8.56. The lowest BCUT2D eigenvalue weighted by molar-refractivity contribution is -0.465. The topological polar surface area (TPSA) is 383 Å². The maximum Gasteiger partial charge on any atom is 0.137 e. The van der Waals surface area contributed by atoms with E-state index in [0.717, 1.165) is 40.9 Å².